The molecule has 0 bridgehead atoms. The predicted molar refractivity (Wildman–Crippen MR) is 82.6 cm³/mol. The summed E-state index contributed by atoms with van der Waals surface area (Å²) in [6, 6.07) is -0.179. The number of rotatable bonds is 9. The number of carbonyl (C=O) groups excluding carboxylic acids is 1. The van der Waals surface area contributed by atoms with Gasteiger partial charge < -0.3 is 15.7 Å². The molecule has 1 fully saturated rings. The fourth-order valence-corrected chi connectivity index (χ4v) is 2.89. The molecule has 0 aromatic heterocycles. The van der Waals surface area contributed by atoms with Gasteiger partial charge in [-0.25, -0.2) is 0 Å². The molecule has 0 aromatic carbocycles. The molecule has 4 heteroatoms. The minimum atomic E-state index is -0.179. The molecular weight excluding hydrogens is 252 g/mol. The zero-order valence-corrected chi connectivity index (χ0v) is 13.2. The zero-order valence-electron chi connectivity index (χ0n) is 13.2. The van der Waals surface area contributed by atoms with Crippen molar-refractivity contribution in [2.45, 2.75) is 71.3 Å². The standard InChI is InChI=1S/C16H32N2O2/c1-3-4-8-11-17-15(20)14(2)18-12-16(13-19)9-6-5-7-10-16/h14,18-19H,3-13H2,1-2H3,(H,17,20). The number of hydrogen-bond acceptors (Lipinski definition) is 3. The second kappa shape index (κ2) is 9.35. The van der Waals surface area contributed by atoms with Gasteiger partial charge >= 0.3 is 0 Å². The van der Waals surface area contributed by atoms with Gasteiger partial charge in [0, 0.05) is 25.1 Å². The second-order valence-corrected chi connectivity index (χ2v) is 6.32. The van der Waals surface area contributed by atoms with Crippen molar-refractivity contribution in [1.29, 1.82) is 0 Å². The SMILES string of the molecule is CCCCCNC(=O)C(C)NCC1(CO)CCCCC1. The number of unbranched alkanes of at least 4 members (excludes halogenated alkanes) is 2. The third-order valence-electron chi connectivity index (χ3n) is 4.51. The molecule has 0 aliphatic heterocycles. The van der Waals surface area contributed by atoms with Gasteiger partial charge in [-0.05, 0) is 26.2 Å². The molecule has 1 atom stereocenters. The molecule has 0 heterocycles. The lowest BCUT2D eigenvalue weighted by Gasteiger charge is -2.36. The van der Waals surface area contributed by atoms with E-state index in [0.29, 0.717) is 0 Å². The van der Waals surface area contributed by atoms with Crippen LogP contribution in [0.3, 0.4) is 0 Å². The smallest absolute Gasteiger partial charge is 0.236 e. The van der Waals surface area contributed by atoms with Crippen LogP contribution < -0.4 is 10.6 Å². The van der Waals surface area contributed by atoms with Crippen LogP contribution in [-0.2, 0) is 4.79 Å². The fraction of sp³-hybridized carbons (Fsp3) is 0.938. The highest BCUT2D eigenvalue weighted by molar-refractivity contribution is 5.81. The molecular formula is C16H32N2O2. The van der Waals surface area contributed by atoms with Gasteiger partial charge in [0.05, 0.1) is 6.04 Å². The van der Waals surface area contributed by atoms with Crippen LogP contribution in [-0.4, -0.2) is 36.8 Å². The van der Waals surface area contributed by atoms with Gasteiger partial charge in [-0.1, -0.05) is 39.0 Å². The van der Waals surface area contributed by atoms with E-state index >= 15 is 0 Å². The number of hydrogen-bond donors (Lipinski definition) is 3. The van der Waals surface area contributed by atoms with Crippen LogP contribution in [0.25, 0.3) is 0 Å². The first kappa shape index (κ1) is 17.4. The normalized spacial score (nSPS) is 19.6. The van der Waals surface area contributed by atoms with Gasteiger partial charge in [0.25, 0.3) is 0 Å². The highest BCUT2D eigenvalue weighted by Gasteiger charge is 2.31. The van der Waals surface area contributed by atoms with Gasteiger partial charge in [-0.3, -0.25) is 4.79 Å². The average molecular weight is 284 g/mol. The first-order chi connectivity index (χ1) is 9.63. The number of carbonyl (C=O) groups is 1. The van der Waals surface area contributed by atoms with Crippen molar-refractivity contribution < 1.29 is 9.90 Å². The minimum Gasteiger partial charge on any atom is -0.396 e. The lowest BCUT2D eigenvalue weighted by Crippen LogP contribution is -2.48. The van der Waals surface area contributed by atoms with Gasteiger partial charge in [0.2, 0.25) is 5.91 Å². The number of amides is 1. The Labute approximate surface area is 123 Å². The summed E-state index contributed by atoms with van der Waals surface area (Å²) >= 11 is 0. The zero-order chi connectivity index (χ0) is 14.8. The summed E-state index contributed by atoms with van der Waals surface area (Å²) in [6.07, 6.45) is 9.19. The Bertz CT molecular complexity index is 276. The maximum absolute atomic E-state index is 11.9. The van der Waals surface area contributed by atoms with Gasteiger partial charge in [0.1, 0.15) is 0 Å². The van der Waals surface area contributed by atoms with Crippen LogP contribution >= 0.6 is 0 Å². The molecule has 4 nitrogen and oxygen atoms in total. The van der Waals surface area contributed by atoms with Crippen LogP contribution in [0.2, 0.25) is 0 Å². The Morgan fingerprint density at radius 1 is 1.25 bits per heavy atom. The van der Waals surface area contributed by atoms with E-state index in [9.17, 15) is 9.90 Å². The summed E-state index contributed by atoms with van der Waals surface area (Å²) in [7, 11) is 0. The van der Waals surface area contributed by atoms with Crippen LogP contribution in [0.4, 0.5) is 0 Å². The van der Waals surface area contributed by atoms with Crippen molar-refractivity contribution in [1.82, 2.24) is 10.6 Å². The van der Waals surface area contributed by atoms with Crippen molar-refractivity contribution in [2.75, 3.05) is 19.7 Å². The number of nitrogens with one attached hydrogen (secondary N) is 2. The van der Waals surface area contributed by atoms with E-state index in [4.69, 9.17) is 0 Å². The monoisotopic (exact) mass is 284 g/mol. The highest BCUT2D eigenvalue weighted by Crippen LogP contribution is 2.35. The third kappa shape index (κ3) is 5.80. The Kier molecular flexibility index (Phi) is 8.15. The van der Waals surface area contributed by atoms with Crippen LogP contribution in [0.15, 0.2) is 0 Å². The van der Waals surface area contributed by atoms with Crippen molar-refractivity contribution in [3.8, 4) is 0 Å². The van der Waals surface area contributed by atoms with E-state index in [2.05, 4.69) is 17.6 Å². The summed E-state index contributed by atoms with van der Waals surface area (Å²) in [5, 5.41) is 15.9. The van der Waals surface area contributed by atoms with Gasteiger partial charge in [0.15, 0.2) is 0 Å². The van der Waals surface area contributed by atoms with E-state index in [1.54, 1.807) is 0 Å². The van der Waals surface area contributed by atoms with Crippen LogP contribution in [0.1, 0.15) is 65.2 Å². The van der Waals surface area contributed by atoms with Crippen LogP contribution in [0, 0.1) is 5.41 Å². The molecule has 20 heavy (non-hydrogen) atoms. The third-order valence-corrected chi connectivity index (χ3v) is 4.51. The largest absolute Gasteiger partial charge is 0.396 e. The second-order valence-electron chi connectivity index (χ2n) is 6.32. The molecule has 1 aliphatic carbocycles. The Balaban J connectivity index is 2.26. The van der Waals surface area contributed by atoms with E-state index in [1.165, 1.54) is 25.7 Å². The Morgan fingerprint density at radius 3 is 2.55 bits per heavy atom. The maximum atomic E-state index is 11.9. The van der Waals surface area contributed by atoms with Crippen molar-refractivity contribution in [3.63, 3.8) is 0 Å². The molecule has 1 rings (SSSR count). The number of aliphatic hydroxyl groups excluding tert-OH is 1. The predicted octanol–water partition coefficient (Wildman–Crippen LogP) is 2.21. The minimum absolute atomic E-state index is 0.00496. The summed E-state index contributed by atoms with van der Waals surface area (Å²) < 4.78 is 0. The van der Waals surface area contributed by atoms with Gasteiger partial charge in [-0.15, -0.1) is 0 Å². The van der Waals surface area contributed by atoms with E-state index in [0.717, 1.165) is 38.8 Å². The number of aliphatic hydroxyl groups is 1. The van der Waals surface area contributed by atoms with E-state index in [1.807, 2.05) is 6.92 Å². The van der Waals surface area contributed by atoms with Crippen molar-refractivity contribution in [2.24, 2.45) is 5.41 Å². The van der Waals surface area contributed by atoms with Gasteiger partial charge in [-0.2, -0.15) is 0 Å². The quantitative estimate of drug-likeness (QED) is 0.569. The lowest BCUT2D eigenvalue weighted by atomic mass is 9.74. The van der Waals surface area contributed by atoms with Crippen molar-refractivity contribution >= 4 is 5.91 Å². The fourth-order valence-electron chi connectivity index (χ4n) is 2.89. The summed E-state index contributed by atoms with van der Waals surface area (Å²) in [5.41, 5.74) is -0.00496. The molecule has 0 radical (unpaired) electrons. The Morgan fingerprint density at radius 2 is 1.95 bits per heavy atom. The summed E-state index contributed by atoms with van der Waals surface area (Å²) in [4.78, 5) is 11.9. The molecule has 1 aliphatic rings. The molecule has 0 aromatic rings. The van der Waals surface area contributed by atoms with E-state index < -0.39 is 0 Å². The summed E-state index contributed by atoms with van der Waals surface area (Å²) in [6.45, 7) is 5.80. The molecule has 3 N–H and O–H groups in total. The lowest BCUT2D eigenvalue weighted by molar-refractivity contribution is -0.123. The average Bonchev–Trinajstić information content (AvgIpc) is 2.50. The Hall–Kier alpha value is -0.610. The van der Waals surface area contributed by atoms with Crippen LogP contribution in [0.5, 0.6) is 0 Å². The van der Waals surface area contributed by atoms with E-state index in [-0.39, 0.29) is 24.0 Å². The molecule has 1 saturated carbocycles. The molecule has 0 saturated heterocycles. The molecule has 1 unspecified atom stereocenters. The van der Waals surface area contributed by atoms with Crippen molar-refractivity contribution in [3.05, 3.63) is 0 Å². The maximum Gasteiger partial charge on any atom is 0.236 e. The first-order valence-electron chi connectivity index (χ1n) is 8.25. The molecule has 0 spiro atoms. The topological polar surface area (TPSA) is 61.4 Å². The first-order valence-corrected chi connectivity index (χ1v) is 8.25. The highest BCUT2D eigenvalue weighted by atomic mass is 16.3. The molecule has 1 amide bonds. The summed E-state index contributed by atoms with van der Waals surface area (Å²) in [5.74, 6) is 0.0741. The molecule has 118 valence electrons.